The summed E-state index contributed by atoms with van der Waals surface area (Å²) in [6.07, 6.45) is 5.91. The molecule has 3 rings (SSSR count). The van der Waals surface area contributed by atoms with E-state index in [1.54, 1.807) is 0 Å². The number of nitrogens with zero attached hydrogens (tertiary/aromatic N) is 6. The molecule has 1 N–H and O–H groups in total. The summed E-state index contributed by atoms with van der Waals surface area (Å²) in [5.41, 5.74) is 0.976. The Kier molecular flexibility index (Phi) is 4.01. The van der Waals surface area contributed by atoms with Crippen molar-refractivity contribution < 1.29 is 0 Å². The van der Waals surface area contributed by atoms with Crippen molar-refractivity contribution in [2.24, 2.45) is 7.05 Å². The average Bonchev–Trinajstić information content (AvgIpc) is 3.08. The van der Waals surface area contributed by atoms with Gasteiger partial charge in [-0.05, 0) is 20.8 Å². The average molecular weight is 303 g/mol. The molecule has 0 amide bonds. The molecule has 0 aromatic carbocycles. The molecule has 2 aromatic heterocycles. The summed E-state index contributed by atoms with van der Waals surface area (Å²) in [6, 6.07) is 0.272. The number of imidazole rings is 1. The predicted molar refractivity (Wildman–Crippen MR) is 84.2 cm³/mol. The lowest BCUT2D eigenvalue weighted by Crippen LogP contribution is -2.46. The fourth-order valence-corrected chi connectivity index (χ4v) is 2.80. The van der Waals surface area contributed by atoms with E-state index in [2.05, 4.69) is 57.0 Å². The minimum absolute atomic E-state index is 0.0339. The van der Waals surface area contributed by atoms with E-state index in [0.29, 0.717) is 0 Å². The number of rotatable bonds is 3. The minimum Gasteiger partial charge on any atom is -0.337 e. The Morgan fingerprint density at radius 1 is 1.36 bits per heavy atom. The first-order chi connectivity index (χ1) is 10.4. The first kappa shape index (κ1) is 15.2. The molecule has 0 radical (unpaired) electrons. The topological polar surface area (TPSA) is 63.8 Å². The van der Waals surface area contributed by atoms with Crippen LogP contribution in [-0.2, 0) is 19.1 Å². The number of nitrogens with one attached hydrogen (secondary N) is 1. The lowest BCUT2D eigenvalue weighted by molar-refractivity contribution is 0.143. The van der Waals surface area contributed by atoms with Gasteiger partial charge < -0.3 is 9.88 Å². The van der Waals surface area contributed by atoms with Crippen LogP contribution in [-0.4, -0.2) is 49.1 Å². The van der Waals surface area contributed by atoms with E-state index in [1.807, 2.05) is 24.1 Å². The summed E-state index contributed by atoms with van der Waals surface area (Å²) in [6.45, 7) is 10.1. The van der Waals surface area contributed by atoms with Gasteiger partial charge in [0.25, 0.3) is 0 Å². The van der Waals surface area contributed by atoms with E-state index in [9.17, 15) is 0 Å². The number of aromatic nitrogens is 5. The number of hydrogen-bond donors (Lipinski definition) is 1. The molecule has 1 aliphatic rings. The van der Waals surface area contributed by atoms with Gasteiger partial charge in [0, 0.05) is 45.6 Å². The lowest BCUT2D eigenvalue weighted by atomic mass is 10.1. The molecule has 1 atom stereocenters. The van der Waals surface area contributed by atoms with E-state index in [4.69, 9.17) is 0 Å². The second kappa shape index (κ2) is 5.81. The van der Waals surface area contributed by atoms with Crippen molar-refractivity contribution in [2.45, 2.75) is 38.9 Å². The zero-order valence-corrected chi connectivity index (χ0v) is 13.8. The zero-order valence-electron chi connectivity index (χ0n) is 13.8. The molecular weight excluding hydrogens is 278 g/mol. The molecule has 120 valence electrons. The molecule has 22 heavy (non-hydrogen) atoms. The normalized spacial score (nSPS) is 20.5. The van der Waals surface area contributed by atoms with Crippen LogP contribution in [0.3, 0.4) is 0 Å². The molecular formula is C15H25N7. The van der Waals surface area contributed by atoms with Crippen LogP contribution in [0.15, 0.2) is 18.6 Å². The highest BCUT2D eigenvalue weighted by Gasteiger charge is 2.27. The molecule has 0 bridgehead atoms. The molecule has 0 spiro atoms. The quantitative estimate of drug-likeness (QED) is 0.913. The van der Waals surface area contributed by atoms with Crippen molar-refractivity contribution in [1.29, 1.82) is 0 Å². The highest BCUT2D eigenvalue weighted by Crippen LogP contribution is 2.22. The molecule has 0 aliphatic carbocycles. The zero-order chi connectivity index (χ0) is 15.7. The van der Waals surface area contributed by atoms with E-state index >= 15 is 0 Å². The van der Waals surface area contributed by atoms with Crippen LogP contribution in [0.1, 0.15) is 38.3 Å². The Bertz CT molecular complexity index is 622. The molecule has 2 aromatic rings. The third kappa shape index (κ3) is 3.05. The van der Waals surface area contributed by atoms with Crippen LogP contribution in [0.2, 0.25) is 0 Å². The molecule has 1 aliphatic heterocycles. The fraction of sp³-hybridized carbons (Fsp3) is 0.667. The van der Waals surface area contributed by atoms with Crippen LogP contribution in [0, 0.1) is 0 Å². The Hall–Kier alpha value is -1.73. The number of aryl methyl sites for hydroxylation is 1. The minimum atomic E-state index is -0.0339. The Morgan fingerprint density at radius 3 is 2.82 bits per heavy atom. The van der Waals surface area contributed by atoms with Gasteiger partial charge in [0.2, 0.25) is 0 Å². The van der Waals surface area contributed by atoms with Crippen molar-refractivity contribution in [2.75, 3.05) is 19.6 Å². The Labute approximate surface area is 131 Å². The third-order valence-corrected chi connectivity index (χ3v) is 4.10. The van der Waals surface area contributed by atoms with Crippen LogP contribution in [0.5, 0.6) is 0 Å². The largest absolute Gasteiger partial charge is 0.337 e. The monoisotopic (exact) mass is 303 g/mol. The van der Waals surface area contributed by atoms with Crippen LogP contribution >= 0.6 is 0 Å². The first-order valence-electron chi connectivity index (χ1n) is 7.79. The van der Waals surface area contributed by atoms with E-state index in [1.165, 1.54) is 0 Å². The first-order valence-corrected chi connectivity index (χ1v) is 7.79. The van der Waals surface area contributed by atoms with E-state index in [0.717, 1.165) is 37.7 Å². The van der Waals surface area contributed by atoms with Gasteiger partial charge in [-0.25, -0.2) is 9.67 Å². The molecule has 1 unspecified atom stereocenters. The van der Waals surface area contributed by atoms with Crippen molar-refractivity contribution in [1.82, 2.24) is 34.8 Å². The smallest absolute Gasteiger partial charge is 0.127 e. The van der Waals surface area contributed by atoms with Gasteiger partial charge >= 0.3 is 0 Å². The molecule has 7 heteroatoms. The van der Waals surface area contributed by atoms with Gasteiger partial charge in [-0.1, -0.05) is 5.21 Å². The van der Waals surface area contributed by atoms with Crippen molar-refractivity contribution in [3.05, 3.63) is 30.1 Å². The summed E-state index contributed by atoms with van der Waals surface area (Å²) in [4.78, 5) is 6.94. The third-order valence-electron chi connectivity index (χ3n) is 4.10. The Morgan fingerprint density at radius 2 is 2.18 bits per heavy atom. The molecule has 7 nitrogen and oxygen atoms in total. The Balaban J connectivity index is 1.77. The summed E-state index contributed by atoms with van der Waals surface area (Å²) < 4.78 is 4.02. The predicted octanol–water partition coefficient (Wildman–Crippen LogP) is 0.913. The summed E-state index contributed by atoms with van der Waals surface area (Å²) in [5.74, 6) is 1.09. The summed E-state index contributed by atoms with van der Waals surface area (Å²) >= 11 is 0. The second-order valence-corrected chi connectivity index (χ2v) is 6.91. The number of hydrogen-bond acceptors (Lipinski definition) is 5. The number of piperazine rings is 1. The summed E-state index contributed by atoms with van der Waals surface area (Å²) in [7, 11) is 2.05. The molecule has 1 fully saturated rings. The highest BCUT2D eigenvalue weighted by molar-refractivity contribution is 5.04. The van der Waals surface area contributed by atoms with Gasteiger partial charge in [0.05, 0.1) is 23.5 Å². The maximum atomic E-state index is 4.52. The molecule has 0 saturated carbocycles. The lowest BCUT2D eigenvalue weighted by Gasteiger charge is -2.35. The van der Waals surface area contributed by atoms with Gasteiger partial charge in [-0.15, -0.1) is 5.10 Å². The van der Waals surface area contributed by atoms with Crippen LogP contribution in [0.4, 0.5) is 0 Å². The van der Waals surface area contributed by atoms with Crippen molar-refractivity contribution in [3.63, 3.8) is 0 Å². The molecule has 3 heterocycles. The standard InChI is InChI=1S/C15H25N7/c1-15(2,3)22-11-12(18-19-22)10-21-8-5-16-9-13(21)14-17-6-7-20(14)4/h6-7,11,13,16H,5,8-10H2,1-4H3. The van der Waals surface area contributed by atoms with Crippen molar-refractivity contribution >= 4 is 0 Å². The summed E-state index contributed by atoms with van der Waals surface area (Å²) in [5, 5.41) is 12.1. The van der Waals surface area contributed by atoms with E-state index < -0.39 is 0 Å². The maximum Gasteiger partial charge on any atom is 0.127 e. The van der Waals surface area contributed by atoms with Gasteiger partial charge in [-0.2, -0.15) is 0 Å². The van der Waals surface area contributed by atoms with Crippen LogP contribution in [0.25, 0.3) is 0 Å². The SMILES string of the molecule is Cn1ccnc1C1CNCCN1Cc1cn(C(C)(C)C)nn1. The highest BCUT2D eigenvalue weighted by atomic mass is 15.4. The van der Waals surface area contributed by atoms with Gasteiger partial charge in [0.15, 0.2) is 0 Å². The van der Waals surface area contributed by atoms with Gasteiger partial charge in [-0.3, -0.25) is 4.90 Å². The van der Waals surface area contributed by atoms with E-state index in [-0.39, 0.29) is 11.6 Å². The second-order valence-electron chi connectivity index (χ2n) is 6.91. The fourth-order valence-electron chi connectivity index (χ4n) is 2.80. The molecule has 1 saturated heterocycles. The maximum absolute atomic E-state index is 4.52. The van der Waals surface area contributed by atoms with Crippen LogP contribution < -0.4 is 5.32 Å². The van der Waals surface area contributed by atoms with Gasteiger partial charge in [0.1, 0.15) is 5.82 Å². The van der Waals surface area contributed by atoms with Crippen molar-refractivity contribution in [3.8, 4) is 0 Å².